The van der Waals surface area contributed by atoms with Gasteiger partial charge in [-0.1, -0.05) is 25.4 Å². The summed E-state index contributed by atoms with van der Waals surface area (Å²) in [5.74, 6) is 0. The summed E-state index contributed by atoms with van der Waals surface area (Å²) in [4.78, 5) is 10.3. The highest BCUT2D eigenvalue weighted by atomic mass is 35.5. The number of nitro benzene ring substituents is 1. The quantitative estimate of drug-likeness (QED) is 0.652. The number of benzene rings is 1. The largest absolute Gasteiger partial charge is 0.330 e. The first-order chi connectivity index (χ1) is 7.38. The van der Waals surface area contributed by atoms with Crippen LogP contribution in [-0.4, -0.2) is 11.5 Å². The van der Waals surface area contributed by atoms with Gasteiger partial charge in [0.2, 0.25) is 0 Å². The molecule has 88 valence electrons. The summed E-state index contributed by atoms with van der Waals surface area (Å²) in [5, 5.41) is 11.2. The van der Waals surface area contributed by atoms with Gasteiger partial charge < -0.3 is 5.73 Å². The van der Waals surface area contributed by atoms with Crippen molar-refractivity contribution in [3.8, 4) is 0 Å². The minimum atomic E-state index is -0.418. The van der Waals surface area contributed by atoms with Crippen molar-refractivity contribution in [3.63, 3.8) is 0 Å². The third-order valence-corrected chi connectivity index (χ3v) is 2.99. The van der Waals surface area contributed by atoms with E-state index in [-0.39, 0.29) is 11.1 Å². The zero-order chi connectivity index (χ0) is 12.3. The maximum Gasteiger partial charge on any atom is 0.269 e. The van der Waals surface area contributed by atoms with Crippen molar-refractivity contribution >= 4 is 17.3 Å². The lowest BCUT2D eigenvalue weighted by molar-refractivity contribution is -0.385. The standard InChI is InChI=1S/C11H15ClN2O2/c1-11(2,5-6-13)9-7-8(14(15)16)3-4-10(9)12/h3-4,7H,5-6,13H2,1-2H3. The SMILES string of the molecule is CC(C)(CCN)c1cc([N+](=O)[O-])ccc1Cl. The average molecular weight is 243 g/mol. The molecule has 1 aromatic carbocycles. The number of nitrogens with zero attached hydrogens (tertiary/aromatic N) is 1. The molecular weight excluding hydrogens is 228 g/mol. The maximum absolute atomic E-state index is 10.7. The third-order valence-electron chi connectivity index (χ3n) is 2.66. The van der Waals surface area contributed by atoms with E-state index in [9.17, 15) is 10.1 Å². The van der Waals surface area contributed by atoms with Crippen molar-refractivity contribution in [2.75, 3.05) is 6.54 Å². The monoisotopic (exact) mass is 242 g/mol. The molecule has 2 N–H and O–H groups in total. The summed E-state index contributed by atoms with van der Waals surface area (Å²) in [6.07, 6.45) is 0.730. The van der Waals surface area contributed by atoms with Crippen molar-refractivity contribution in [1.82, 2.24) is 0 Å². The van der Waals surface area contributed by atoms with Crippen LogP contribution in [0.3, 0.4) is 0 Å². The average Bonchev–Trinajstić information content (AvgIpc) is 2.17. The Morgan fingerprint density at radius 3 is 2.62 bits per heavy atom. The Labute approximate surface area is 99.6 Å². The second-order valence-corrected chi connectivity index (χ2v) is 4.75. The van der Waals surface area contributed by atoms with Crippen molar-refractivity contribution in [2.45, 2.75) is 25.7 Å². The van der Waals surface area contributed by atoms with E-state index in [4.69, 9.17) is 17.3 Å². The van der Waals surface area contributed by atoms with Crippen LogP contribution < -0.4 is 5.73 Å². The van der Waals surface area contributed by atoms with Crippen molar-refractivity contribution in [3.05, 3.63) is 38.9 Å². The number of nitro groups is 1. The summed E-state index contributed by atoms with van der Waals surface area (Å²) >= 11 is 6.06. The fourth-order valence-electron chi connectivity index (χ4n) is 1.64. The van der Waals surface area contributed by atoms with Gasteiger partial charge in [-0.25, -0.2) is 0 Å². The first kappa shape index (κ1) is 12.9. The maximum atomic E-state index is 10.7. The van der Waals surface area contributed by atoms with E-state index in [1.54, 1.807) is 6.07 Å². The van der Waals surface area contributed by atoms with E-state index in [1.165, 1.54) is 12.1 Å². The Hall–Kier alpha value is -1.13. The fourth-order valence-corrected chi connectivity index (χ4v) is 2.01. The molecular formula is C11H15ClN2O2. The van der Waals surface area contributed by atoms with Gasteiger partial charge >= 0.3 is 0 Å². The lowest BCUT2D eigenvalue weighted by atomic mass is 9.81. The van der Waals surface area contributed by atoms with Crippen LogP contribution in [0.4, 0.5) is 5.69 Å². The fraction of sp³-hybridized carbons (Fsp3) is 0.455. The van der Waals surface area contributed by atoms with Gasteiger partial charge in [-0.2, -0.15) is 0 Å². The molecule has 0 aliphatic carbocycles. The molecule has 0 aliphatic rings. The predicted molar refractivity (Wildman–Crippen MR) is 64.8 cm³/mol. The Morgan fingerprint density at radius 2 is 2.12 bits per heavy atom. The molecule has 0 saturated heterocycles. The topological polar surface area (TPSA) is 69.2 Å². The molecule has 0 radical (unpaired) electrons. The van der Waals surface area contributed by atoms with Gasteiger partial charge in [0.15, 0.2) is 0 Å². The molecule has 1 rings (SSSR count). The molecule has 0 aliphatic heterocycles. The van der Waals surface area contributed by atoms with Crippen LogP contribution in [0.15, 0.2) is 18.2 Å². The Morgan fingerprint density at radius 1 is 1.50 bits per heavy atom. The van der Waals surface area contributed by atoms with Gasteiger partial charge in [0.05, 0.1) is 4.92 Å². The molecule has 5 heteroatoms. The van der Waals surface area contributed by atoms with Crippen LogP contribution in [0.2, 0.25) is 5.02 Å². The summed E-state index contributed by atoms with van der Waals surface area (Å²) in [7, 11) is 0. The van der Waals surface area contributed by atoms with E-state index in [0.717, 1.165) is 12.0 Å². The van der Waals surface area contributed by atoms with Crippen LogP contribution in [0.5, 0.6) is 0 Å². The van der Waals surface area contributed by atoms with E-state index < -0.39 is 4.92 Å². The zero-order valence-corrected chi connectivity index (χ0v) is 10.1. The van der Waals surface area contributed by atoms with Crippen LogP contribution in [-0.2, 0) is 5.41 Å². The number of hydrogen-bond donors (Lipinski definition) is 1. The van der Waals surface area contributed by atoms with E-state index in [1.807, 2.05) is 13.8 Å². The van der Waals surface area contributed by atoms with Gasteiger partial charge in [0.1, 0.15) is 0 Å². The highest BCUT2D eigenvalue weighted by Crippen LogP contribution is 2.34. The van der Waals surface area contributed by atoms with Gasteiger partial charge in [-0.05, 0) is 30.0 Å². The normalized spacial score (nSPS) is 11.5. The minimum absolute atomic E-state index is 0.0597. The van der Waals surface area contributed by atoms with Crippen LogP contribution in [0.1, 0.15) is 25.8 Å². The number of halogens is 1. The highest BCUT2D eigenvalue weighted by Gasteiger charge is 2.24. The summed E-state index contributed by atoms with van der Waals surface area (Å²) in [6.45, 7) is 4.47. The molecule has 0 atom stereocenters. The Bertz CT molecular complexity index is 405. The van der Waals surface area contributed by atoms with E-state index >= 15 is 0 Å². The molecule has 0 aromatic heterocycles. The van der Waals surface area contributed by atoms with E-state index in [2.05, 4.69) is 0 Å². The van der Waals surface area contributed by atoms with Crippen LogP contribution >= 0.6 is 11.6 Å². The van der Waals surface area contributed by atoms with Gasteiger partial charge in [-0.15, -0.1) is 0 Å². The Kier molecular flexibility index (Phi) is 3.88. The molecule has 0 amide bonds. The smallest absolute Gasteiger partial charge is 0.269 e. The molecule has 0 unspecified atom stereocenters. The molecule has 16 heavy (non-hydrogen) atoms. The first-order valence-electron chi connectivity index (χ1n) is 5.03. The van der Waals surface area contributed by atoms with Gasteiger partial charge in [0, 0.05) is 17.2 Å². The van der Waals surface area contributed by atoms with Gasteiger partial charge in [-0.3, -0.25) is 10.1 Å². The van der Waals surface area contributed by atoms with E-state index in [0.29, 0.717) is 11.6 Å². The number of nitrogens with two attached hydrogens (primary N) is 1. The second-order valence-electron chi connectivity index (χ2n) is 4.34. The van der Waals surface area contributed by atoms with Crippen LogP contribution in [0.25, 0.3) is 0 Å². The van der Waals surface area contributed by atoms with Crippen molar-refractivity contribution in [1.29, 1.82) is 0 Å². The second kappa shape index (κ2) is 4.80. The number of non-ortho nitro benzene ring substituents is 1. The van der Waals surface area contributed by atoms with Gasteiger partial charge in [0.25, 0.3) is 5.69 Å². The molecule has 0 fully saturated rings. The molecule has 1 aromatic rings. The summed E-state index contributed by atoms with van der Waals surface area (Å²) in [5.41, 5.74) is 6.10. The Balaban J connectivity index is 3.21. The number of hydrogen-bond acceptors (Lipinski definition) is 3. The number of rotatable bonds is 4. The predicted octanol–water partition coefficient (Wildman–Crippen LogP) is 2.87. The molecule has 0 spiro atoms. The summed E-state index contributed by atoms with van der Waals surface area (Å²) in [6, 6.07) is 4.50. The summed E-state index contributed by atoms with van der Waals surface area (Å²) < 4.78 is 0. The molecule has 0 heterocycles. The molecule has 0 bridgehead atoms. The third kappa shape index (κ3) is 2.71. The molecule has 4 nitrogen and oxygen atoms in total. The zero-order valence-electron chi connectivity index (χ0n) is 9.37. The first-order valence-corrected chi connectivity index (χ1v) is 5.41. The van der Waals surface area contributed by atoms with Crippen molar-refractivity contribution < 1.29 is 4.92 Å². The minimum Gasteiger partial charge on any atom is -0.330 e. The van der Waals surface area contributed by atoms with Crippen molar-refractivity contribution in [2.24, 2.45) is 5.73 Å². The van der Waals surface area contributed by atoms with Crippen LogP contribution in [0, 0.1) is 10.1 Å². The lowest BCUT2D eigenvalue weighted by Crippen LogP contribution is -2.22. The lowest BCUT2D eigenvalue weighted by Gasteiger charge is -2.25. The highest BCUT2D eigenvalue weighted by molar-refractivity contribution is 6.31. The molecule has 0 saturated carbocycles.